The Hall–Kier alpha value is -2.99. The minimum Gasteiger partial charge on any atom is -0.313 e. The number of nitrogens with zero attached hydrogens (tertiary/aromatic N) is 4. The van der Waals surface area contributed by atoms with Crippen molar-refractivity contribution < 1.29 is 9.18 Å². The molecule has 0 spiro atoms. The van der Waals surface area contributed by atoms with Crippen LogP contribution >= 0.6 is 0 Å². The molecule has 0 radical (unpaired) electrons. The molecule has 19 heavy (non-hydrogen) atoms. The fourth-order valence-electron chi connectivity index (χ4n) is 1.58. The van der Waals surface area contributed by atoms with E-state index in [4.69, 9.17) is 10.5 Å². The van der Waals surface area contributed by atoms with Crippen molar-refractivity contribution in [3.8, 4) is 12.1 Å². The van der Waals surface area contributed by atoms with E-state index in [-0.39, 0.29) is 23.7 Å². The summed E-state index contributed by atoms with van der Waals surface area (Å²) in [6.07, 6.45) is 1.26. The van der Waals surface area contributed by atoms with E-state index < -0.39 is 5.82 Å². The first-order valence-electron chi connectivity index (χ1n) is 5.30. The van der Waals surface area contributed by atoms with E-state index in [1.54, 1.807) is 6.07 Å². The maximum atomic E-state index is 12.7. The molecule has 0 amide bonds. The van der Waals surface area contributed by atoms with Gasteiger partial charge < -0.3 is 4.57 Å². The number of aromatic nitrogens is 2. The molecular weight excluding hydrogens is 247 g/mol. The van der Waals surface area contributed by atoms with Crippen molar-refractivity contribution in [2.75, 3.05) is 0 Å². The van der Waals surface area contributed by atoms with Crippen LogP contribution in [-0.2, 0) is 6.54 Å². The second-order valence-corrected chi connectivity index (χ2v) is 3.72. The van der Waals surface area contributed by atoms with Gasteiger partial charge in [-0.2, -0.15) is 10.5 Å². The Morgan fingerprint density at radius 3 is 2.53 bits per heavy atom. The Morgan fingerprint density at radius 1 is 1.26 bits per heavy atom. The van der Waals surface area contributed by atoms with Crippen LogP contribution in [-0.4, -0.2) is 15.3 Å². The van der Waals surface area contributed by atoms with Crippen molar-refractivity contribution in [3.05, 3.63) is 53.4 Å². The van der Waals surface area contributed by atoms with Gasteiger partial charge in [-0.05, 0) is 24.3 Å². The maximum absolute atomic E-state index is 12.7. The Morgan fingerprint density at radius 2 is 1.95 bits per heavy atom. The van der Waals surface area contributed by atoms with Gasteiger partial charge in [0.05, 0.1) is 12.9 Å². The lowest BCUT2D eigenvalue weighted by Gasteiger charge is -2.03. The van der Waals surface area contributed by atoms with E-state index in [0.717, 1.165) is 0 Å². The lowest BCUT2D eigenvalue weighted by atomic mass is 10.1. The second-order valence-electron chi connectivity index (χ2n) is 3.72. The molecule has 2 rings (SSSR count). The third-order valence-corrected chi connectivity index (χ3v) is 2.53. The molecule has 0 aliphatic rings. The Kier molecular flexibility index (Phi) is 3.35. The number of hydrogen-bond acceptors (Lipinski definition) is 4. The molecule has 2 aromatic rings. The molecule has 92 valence electrons. The molecule has 0 N–H and O–H groups in total. The molecule has 0 fully saturated rings. The molecule has 1 aromatic carbocycles. The predicted octanol–water partition coefficient (Wildman–Crippen LogP) is 1.65. The van der Waals surface area contributed by atoms with Gasteiger partial charge in [0.1, 0.15) is 18.0 Å². The predicted molar refractivity (Wildman–Crippen MR) is 62.4 cm³/mol. The van der Waals surface area contributed by atoms with Gasteiger partial charge in [0, 0.05) is 5.56 Å². The highest BCUT2D eigenvalue weighted by atomic mass is 19.1. The van der Waals surface area contributed by atoms with Crippen LogP contribution in [0.4, 0.5) is 4.39 Å². The topological polar surface area (TPSA) is 82.5 Å². The molecule has 0 aliphatic carbocycles. The monoisotopic (exact) mass is 254 g/mol. The zero-order chi connectivity index (χ0) is 13.8. The van der Waals surface area contributed by atoms with Crippen molar-refractivity contribution in [1.82, 2.24) is 9.55 Å². The quantitative estimate of drug-likeness (QED) is 0.779. The van der Waals surface area contributed by atoms with E-state index in [9.17, 15) is 9.18 Å². The van der Waals surface area contributed by atoms with Gasteiger partial charge in [-0.3, -0.25) is 4.79 Å². The first kappa shape index (κ1) is 12.5. The third kappa shape index (κ3) is 2.48. The molecule has 1 aromatic heterocycles. The Bertz CT molecular complexity index is 704. The highest BCUT2D eigenvalue weighted by molar-refractivity contribution is 5.95. The van der Waals surface area contributed by atoms with Crippen molar-refractivity contribution in [3.63, 3.8) is 0 Å². The smallest absolute Gasteiger partial charge is 0.182 e. The summed E-state index contributed by atoms with van der Waals surface area (Å²) in [4.78, 5) is 15.7. The number of benzene rings is 1. The van der Waals surface area contributed by atoms with Gasteiger partial charge in [0.2, 0.25) is 0 Å². The molecule has 1 heterocycles. The summed E-state index contributed by atoms with van der Waals surface area (Å²) in [7, 11) is 0. The van der Waals surface area contributed by atoms with Gasteiger partial charge in [0.25, 0.3) is 0 Å². The van der Waals surface area contributed by atoms with Crippen LogP contribution in [0.2, 0.25) is 0 Å². The van der Waals surface area contributed by atoms with Crippen LogP contribution in [0.1, 0.15) is 21.7 Å². The molecule has 0 aliphatic heterocycles. The molecular formula is C13H7FN4O. The number of hydrogen-bond donors (Lipinski definition) is 0. The summed E-state index contributed by atoms with van der Waals surface area (Å²) in [6.45, 7) is -0.122. The third-order valence-electron chi connectivity index (χ3n) is 2.53. The minimum atomic E-state index is -0.427. The number of ketones is 1. The van der Waals surface area contributed by atoms with Crippen molar-refractivity contribution in [2.45, 2.75) is 6.54 Å². The average molecular weight is 254 g/mol. The lowest BCUT2D eigenvalue weighted by Crippen LogP contribution is -2.11. The number of carbonyl (C=O) groups is 1. The molecule has 6 heteroatoms. The number of carbonyl (C=O) groups excluding carboxylic acids is 1. The molecule has 0 unspecified atom stereocenters. The molecule has 5 nitrogen and oxygen atoms in total. The molecule has 0 bridgehead atoms. The molecule has 0 saturated carbocycles. The summed E-state index contributed by atoms with van der Waals surface area (Å²) in [5.41, 5.74) is 0.352. The zero-order valence-electron chi connectivity index (χ0n) is 9.67. The van der Waals surface area contributed by atoms with E-state index >= 15 is 0 Å². The Labute approximate surface area is 108 Å². The number of nitriles is 2. The first-order chi connectivity index (χ1) is 9.15. The van der Waals surface area contributed by atoms with Crippen molar-refractivity contribution in [2.24, 2.45) is 0 Å². The van der Waals surface area contributed by atoms with Crippen molar-refractivity contribution >= 4 is 5.78 Å². The van der Waals surface area contributed by atoms with E-state index in [1.807, 2.05) is 6.07 Å². The standard InChI is InChI=1S/C13H7FN4O/c14-10-3-1-9(2-4-10)13(19)7-18-8-17-11(5-15)12(18)6-16/h1-4,8H,7H2. The van der Waals surface area contributed by atoms with E-state index in [2.05, 4.69) is 4.98 Å². The molecule has 0 atom stereocenters. The SMILES string of the molecule is N#Cc1ncn(CC(=O)c2ccc(F)cc2)c1C#N. The summed E-state index contributed by atoms with van der Waals surface area (Å²) >= 11 is 0. The van der Waals surface area contributed by atoms with Crippen LogP contribution in [0.15, 0.2) is 30.6 Å². The fourth-order valence-corrected chi connectivity index (χ4v) is 1.58. The number of halogens is 1. The van der Waals surface area contributed by atoms with Crippen LogP contribution in [0.5, 0.6) is 0 Å². The summed E-state index contributed by atoms with van der Waals surface area (Å²) in [5, 5.41) is 17.7. The molecule has 0 saturated heterocycles. The number of rotatable bonds is 3. The largest absolute Gasteiger partial charge is 0.313 e. The highest BCUT2D eigenvalue weighted by Crippen LogP contribution is 2.09. The Balaban J connectivity index is 2.25. The maximum Gasteiger partial charge on any atom is 0.182 e. The normalized spacial score (nSPS) is 9.63. The minimum absolute atomic E-state index is 0.0191. The van der Waals surface area contributed by atoms with Crippen LogP contribution in [0.3, 0.4) is 0 Å². The highest BCUT2D eigenvalue weighted by Gasteiger charge is 2.13. The second kappa shape index (κ2) is 5.11. The lowest BCUT2D eigenvalue weighted by molar-refractivity contribution is 0.0971. The van der Waals surface area contributed by atoms with Crippen LogP contribution < -0.4 is 0 Å². The van der Waals surface area contributed by atoms with Gasteiger partial charge in [-0.15, -0.1) is 0 Å². The van der Waals surface area contributed by atoms with Crippen LogP contribution in [0, 0.1) is 28.5 Å². The van der Waals surface area contributed by atoms with E-state index in [0.29, 0.717) is 5.56 Å². The van der Waals surface area contributed by atoms with Crippen molar-refractivity contribution in [1.29, 1.82) is 10.5 Å². The summed E-state index contributed by atoms with van der Waals surface area (Å²) < 4.78 is 14.0. The van der Waals surface area contributed by atoms with Gasteiger partial charge >= 0.3 is 0 Å². The summed E-state index contributed by atoms with van der Waals surface area (Å²) in [5.74, 6) is -0.720. The van der Waals surface area contributed by atoms with Crippen LogP contribution in [0.25, 0.3) is 0 Å². The average Bonchev–Trinajstić information content (AvgIpc) is 2.81. The number of Topliss-reactive ketones (excluding diaryl/α,β-unsaturated/α-hetero) is 1. The fraction of sp³-hybridized carbons (Fsp3) is 0.0769. The first-order valence-corrected chi connectivity index (χ1v) is 5.30. The van der Waals surface area contributed by atoms with Gasteiger partial charge in [0.15, 0.2) is 17.2 Å². The van der Waals surface area contributed by atoms with E-state index in [1.165, 1.54) is 35.2 Å². The van der Waals surface area contributed by atoms with Gasteiger partial charge in [-0.25, -0.2) is 9.37 Å². The van der Waals surface area contributed by atoms with Gasteiger partial charge in [-0.1, -0.05) is 0 Å². The number of imidazole rings is 1. The summed E-state index contributed by atoms with van der Waals surface area (Å²) in [6, 6.07) is 8.71. The zero-order valence-corrected chi connectivity index (χ0v) is 9.67.